The van der Waals surface area contributed by atoms with Crippen LogP contribution in [0.5, 0.6) is 5.75 Å². The van der Waals surface area contributed by atoms with Crippen LogP contribution in [0.25, 0.3) is 0 Å². The molecule has 0 fully saturated rings. The summed E-state index contributed by atoms with van der Waals surface area (Å²) in [6.07, 6.45) is -0.801. The molecule has 0 amide bonds. The first-order valence-electron chi connectivity index (χ1n) is 6.08. The Balaban J connectivity index is 2.38. The van der Waals surface area contributed by atoms with Gasteiger partial charge in [0.1, 0.15) is 11.9 Å². The van der Waals surface area contributed by atoms with Crippen LogP contribution in [0, 0.1) is 0 Å². The standard InChI is InChI=1S/C15H13Br2ClO2/c1-2-20-9-6-7-10(13(17)8-9)15(19)11-4-3-5-12(16)14(11)18/h3-8,15,19H,2H2,1H3. The lowest BCUT2D eigenvalue weighted by Gasteiger charge is -2.16. The van der Waals surface area contributed by atoms with Gasteiger partial charge in [-0.15, -0.1) is 0 Å². The Morgan fingerprint density at radius 2 is 1.90 bits per heavy atom. The molecular formula is C15H13Br2ClO2. The van der Waals surface area contributed by atoms with Gasteiger partial charge in [-0.2, -0.15) is 0 Å². The van der Waals surface area contributed by atoms with Crippen LogP contribution in [0.3, 0.4) is 0 Å². The molecule has 20 heavy (non-hydrogen) atoms. The van der Waals surface area contributed by atoms with E-state index in [0.29, 0.717) is 17.2 Å². The molecule has 1 N–H and O–H groups in total. The predicted octanol–water partition coefficient (Wildman–Crippen LogP) is 5.35. The Labute approximate surface area is 140 Å². The molecule has 0 saturated carbocycles. The molecule has 2 rings (SSSR count). The lowest BCUT2D eigenvalue weighted by atomic mass is 10.0. The number of hydrogen-bond donors (Lipinski definition) is 1. The van der Waals surface area contributed by atoms with E-state index in [1.807, 2.05) is 37.3 Å². The number of rotatable bonds is 4. The Morgan fingerprint density at radius 3 is 2.55 bits per heavy atom. The zero-order chi connectivity index (χ0) is 14.7. The molecule has 1 unspecified atom stereocenters. The average molecular weight is 421 g/mol. The molecular weight excluding hydrogens is 407 g/mol. The second-order valence-electron chi connectivity index (χ2n) is 4.16. The summed E-state index contributed by atoms with van der Waals surface area (Å²) in [6.45, 7) is 2.53. The van der Waals surface area contributed by atoms with Crippen molar-refractivity contribution in [1.29, 1.82) is 0 Å². The topological polar surface area (TPSA) is 29.5 Å². The maximum Gasteiger partial charge on any atom is 0.120 e. The van der Waals surface area contributed by atoms with Crippen molar-refractivity contribution >= 4 is 43.5 Å². The minimum absolute atomic E-state index is 0.515. The number of aliphatic hydroxyl groups is 1. The van der Waals surface area contributed by atoms with Crippen molar-refractivity contribution in [3.05, 3.63) is 61.5 Å². The fourth-order valence-electron chi connectivity index (χ4n) is 1.89. The zero-order valence-electron chi connectivity index (χ0n) is 10.7. The molecule has 2 aromatic carbocycles. The maximum absolute atomic E-state index is 10.5. The van der Waals surface area contributed by atoms with E-state index in [9.17, 15) is 5.11 Å². The quantitative estimate of drug-likeness (QED) is 0.723. The van der Waals surface area contributed by atoms with Gasteiger partial charge in [-0.05, 0) is 46.6 Å². The van der Waals surface area contributed by atoms with Crippen molar-refractivity contribution < 1.29 is 9.84 Å². The number of aliphatic hydroxyl groups excluding tert-OH is 1. The maximum atomic E-state index is 10.5. The third-order valence-electron chi connectivity index (χ3n) is 2.85. The molecule has 0 spiro atoms. The van der Waals surface area contributed by atoms with E-state index in [1.165, 1.54) is 0 Å². The van der Waals surface area contributed by atoms with E-state index < -0.39 is 6.10 Å². The lowest BCUT2D eigenvalue weighted by molar-refractivity contribution is 0.219. The monoisotopic (exact) mass is 418 g/mol. The van der Waals surface area contributed by atoms with Crippen molar-refractivity contribution in [2.24, 2.45) is 0 Å². The van der Waals surface area contributed by atoms with Gasteiger partial charge in [-0.25, -0.2) is 0 Å². The molecule has 2 nitrogen and oxygen atoms in total. The summed E-state index contributed by atoms with van der Waals surface area (Å²) in [5.41, 5.74) is 1.40. The van der Waals surface area contributed by atoms with Gasteiger partial charge in [0.2, 0.25) is 0 Å². The predicted molar refractivity (Wildman–Crippen MR) is 88.5 cm³/mol. The summed E-state index contributed by atoms with van der Waals surface area (Å²) in [5, 5.41) is 11.0. The van der Waals surface area contributed by atoms with E-state index in [1.54, 1.807) is 6.07 Å². The highest BCUT2D eigenvalue weighted by Crippen LogP contribution is 2.36. The van der Waals surface area contributed by atoms with Crippen LogP contribution in [0.4, 0.5) is 0 Å². The van der Waals surface area contributed by atoms with Crippen molar-refractivity contribution in [3.63, 3.8) is 0 Å². The molecule has 0 heterocycles. The van der Waals surface area contributed by atoms with Crippen LogP contribution in [0.1, 0.15) is 24.2 Å². The van der Waals surface area contributed by atoms with Crippen molar-refractivity contribution in [2.45, 2.75) is 13.0 Å². The highest BCUT2D eigenvalue weighted by Gasteiger charge is 2.18. The normalized spacial score (nSPS) is 12.2. The molecule has 0 aliphatic rings. The molecule has 0 aliphatic heterocycles. The van der Waals surface area contributed by atoms with Crippen molar-refractivity contribution in [3.8, 4) is 5.75 Å². The van der Waals surface area contributed by atoms with Gasteiger partial charge in [-0.3, -0.25) is 0 Å². The molecule has 0 bridgehead atoms. The third-order valence-corrected chi connectivity index (χ3v) is 4.85. The number of benzene rings is 2. The van der Waals surface area contributed by atoms with Gasteiger partial charge in [0, 0.05) is 14.5 Å². The first-order valence-corrected chi connectivity index (χ1v) is 8.05. The zero-order valence-corrected chi connectivity index (χ0v) is 14.7. The van der Waals surface area contributed by atoms with E-state index in [4.69, 9.17) is 16.3 Å². The van der Waals surface area contributed by atoms with Crippen molar-refractivity contribution in [2.75, 3.05) is 6.61 Å². The van der Waals surface area contributed by atoms with E-state index in [0.717, 1.165) is 20.3 Å². The fourth-order valence-corrected chi connectivity index (χ4v) is 3.07. The minimum Gasteiger partial charge on any atom is -0.494 e. The van der Waals surface area contributed by atoms with E-state index in [-0.39, 0.29) is 0 Å². The van der Waals surface area contributed by atoms with Crippen LogP contribution < -0.4 is 4.74 Å². The molecule has 0 aliphatic carbocycles. The van der Waals surface area contributed by atoms with Gasteiger partial charge < -0.3 is 9.84 Å². The molecule has 0 saturated heterocycles. The second kappa shape index (κ2) is 6.94. The summed E-state index contributed by atoms with van der Waals surface area (Å²) in [5.74, 6) is 0.760. The van der Waals surface area contributed by atoms with Crippen LogP contribution in [0.2, 0.25) is 5.02 Å². The fraction of sp³-hybridized carbons (Fsp3) is 0.200. The Kier molecular flexibility index (Phi) is 5.49. The van der Waals surface area contributed by atoms with E-state index >= 15 is 0 Å². The van der Waals surface area contributed by atoms with Gasteiger partial charge in [0.25, 0.3) is 0 Å². The smallest absolute Gasteiger partial charge is 0.120 e. The Morgan fingerprint density at radius 1 is 1.15 bits per heavy atom. The Hall–Kier alpha value is -0.550. The van der Waals surface area contributed by atoms with Gasteiger partial charge in [0.05, 0.1) is 11.6 Å². The Bertz CT molecular complexity index is 617. The first-order chi connectivity index (χ1) is 9.54. The highest BCUT2D eigenvalue weighted by atomic mass is 79.9. The third kappa shape index (κ3) is 3.37. The summed E-state index contributed by atoms with van der Waals surface area (Å²) < 4.78 is 6.97. The molecule has 0 radical (unpaired) electrons. The van der Waals surface area contributed by atoms with Crippen LogP contribution in [-0.4, -0.2) is 11.7 Å². The molecule has 2 aromatic rings. The molecule has 0 aromatic heterocycles. The van der Waals surface area contributed by atoms with Gasteiger partial charge in [0.15, 0.2) is 0 Å². The first kappa shape index (κ1) is 15.8. The number of ether oxygens (including phenoxy) is 1. The molecule has 106 valence electrons. The van der Waals surface area contributed by atoms with Crippen LogP contribution in [-0.2, 0) is 0 Å². The number of halogens is 3. The second-order valence-corrected chi connectivity index (χ2v) is 6.25. The SMILES string of the molecule is CCOc1ccc(C(O)c2cccc(Br)c2Cl)c(Br)c1. The highest BCUT2D eigenvalue weighted by molar-refractivity contribution is 9.10. The van der Waals surface area contributed by atoms with Crippen molar-refractivity contribution in [1.82, 2.24) is 0 Å². The molecule has 1 atom stereocenters. The largest absolute Gasteiger partial charge is 0.494 e. The average Bonchev–Trinajstić information content (AvgIpc) is 2.42. The summed E-state index contributed by atoms with van der Waals surface area (Å²) in [7, 11) is 0. The van der Waals surface area contributed by atoms with Gasteiger partial charge >= 0.3 is 0 Å². The van der Waals surface area contributed by atoms with E-state index in [2.05, 4.69) is 31.9 Å². The molecule has 5 heteroatoms. The lowest BCUT2D eigenvalue weighted by Crippen LogP contribution is -2.02. The van der Waals surface area contributed by atoms with Crippen LogP contribution >= 0.6 is 43.5 Å². The summed E-state index contributed by atoms with van der Waals surface area (Å²) >= 11 is 13.1. The van der Waals surface area contributed by atoms with Crippen LogP contribution in [0.15, 0.2) is 45.3 Å². The van der Waals surface area contributed by atoms with Gasteiger partial charge in [-0.1, -0.05) is 45.7 Å². The number of hydrogen-bond acceptors (Lipinski definition) is 2. The summed E-state index contributed by atoms with van der Waals surface area (Å²) in [6, 6.07) is 11.0. The summed E-state index contributed by atoms with van der Waals surface area (Å²) in [4.78, 5) is 0. The minimum atomic E-state index is -0.801.